The number of halogens is 1. The SMILES string of the molecule is Cn1cc(C(=O)C[C@H]2CCCN2C(=O)c2ccc(F)cn2)cn1. The summed E-state index contributed by atoms with van der Waals surface area (Å²) in [5, 5.41) is 3.99. The van der Waals surface area contributed by atoms with E-state index in [1.54, 1.807) is 22.8 Å². The van der Waals surface area contributed by atoms with E-state index >= 15 is 0 Å². The molecule has 3 rings (SSSR count). The van der Waals surface area contributed by atoms with Gasteiger partial charge in [-0.2, -0.15) is 5.10 Å². The summed E-state index contributed by atoms with van der Waals surface area (Å²) in [5.41, 5.74) is 0.749. The summed E-state index contributed by atoms with van der Waals surface area (Å²) in [6.45, 7) is 0.586. The summed E-state index contributed by atoms with van der Waals surface area (Å²) in [6, 6.07) is 2.43. The highest BCUT2D eigenvalue weighted by molar-refractivity contribution is 5.97. The molecule has 1 saturated heterocycles. The van der Waals surface area contributed by atoms with Crippen LogP contribution in [0.5, 0.6) is 0 Å². The Balaban J connectivity index is 1.71. The Kier molecular flexibility index (Phi) is 4.18. The van der Waals surface area contributed by atoms with Gasteiger partial charge in [0.05, 0.1) is 18.0 Å². The first-order valence-electron chi connectivity index (χ1n) is 7.49. The molecule has 0 radical (unpaired) electrons. The molecule has 1 amide bonds. The second-order valence-corrected chi connectivity index (χ2v) is 5.69. The second-order valence-electron chi connectivity index (χ2n) is 5.69. The maximum absolute atomic E-state index is 12.9. The Labute approximate surface area is 132 Å². The lowest BCUT2D eigenvalue weighted by Crippen LogP contribution is -2.37. The van der Waals surface area contributed by atoms with Crippen molar-refractivity contribution in [2.45, 2.75) is 25.3 Å². The first kappa shape index (κ1) is 15.3. The summed E-state index contributed by atoms with van der Waals surface area (Å²) in [7, 11) is 1.75. The number of pyridine rings is 1. The zero-order valence-corrected chi connectivity index (χ0v) is 12.8. The topological polar surface area (TPSA) is 68.1 Å². The monoisotopic (exact) mass is 316 g/mol. The van der Waals surface area contributed by atoms with E-state index in [9.17, 15) is 14.0 Å². The average Bonchev–Trinajstić information content (AvgIpc) is 3.16. The molecular formula is C16H17FN4O2. The third-order valence-electron chi connectivity index (χ3n) is 4.03. The molecule has 0 aromatic carbocycles. The van der Waals surface area contributed by atoms with Gasteiger partial charge in [-0.15, -0.1) is 0 Å². The minimum absolute atomic E-state index is 0.0325. The molecule has 7 heteroatoms. The number of aromatic nitrogens is 3. The van der Waals surface area contributed by atoms with Crippen LogP contribution in [0.4, 0.5) is 4.39 Å². The van der Waals surface area contributed by atoms with Gasteiger partial charge in [-0.05, 0) is 25.0 Å². The van der Waals surface area contributed by atoms with Crippen LogP contribution in [-0.4, -0.2) is 43.9 Å². The minimum Gasteiger partial charge on any atom is -0.334 e. The molecule has 2 aromatic rings. The van der Waals surface area contributed by atoms with Crippen LogP contribution in [0.15, 0.2) is 30.7 Å². The fraction of sp³-hybridized carbons (Fsp3) is 0.375. The molecule has 1 fully saturated rings. The highest BCUT2D eigenvalue weighted by atomic mass is 19.1. The number of Topliss-reactive ketones (excluding diaryl/α,β-unsaturated/α-hetero) is 1. The number of hydrogen-bond acceptors (Lipinski definition) is 4. The van der Waals surface area contributed by atoms with Crippen LogP contribution in [0, 0.1) is 5.82 Å². The van der Waals surface area contributed by atoms with Crippen LogP contribution in [0.25, 0.3) is 0 Å². The van der Waals surface area contributed by atoms with Gasteiger partial charge in [-0.3, -0.25) is 14.3 Å². The first-order chi connectivity index (χ1) is 11.0. The number of nitrogens with zero attached hydrogens (tertiary/aromatic N) is 4. The van der Waals surface area contributed by atoms with Crippen LogP contribution in [-0.2, 0) is 7.05 Å². The van der Waals surface area contributed by atoms with Crippen molar-refractivity contribution in [2.75, 3.05) is 6.54 Å². The van der Waals surface area contributed by atoms with Crippen molar-refractivity contribution >= 4 is 11.7 Å². The van der Waals surface area contributed by atoms with Crippen molar-refractivity contribution in [3.63, 3.8) is 0 Å². The van der Waals surface area contributed by atoms with Crippen LogP contribution in [0.2, 0.25) is 0 Å². The Morgan fingerprint density at radius 3 is 2.83 bits per heavy atom. The fourth-order valence-electron chi connectivity index (χ4n) is 2.86. The van der Waals surface area contributed by atoms with Crippen molar-refractivity contribution in [3.05, 3.63) is 47.8 Å². The molecule has 0 unspecified atom stereocenters. The van der Waals surface area contributed by atoms with Crippen molar-refractivity contribution in [2.24, 2.45) is 7.05 Å². The smallest absolute Gasteiger partial charge is 0.272 e. The lowest BCUT2D eigenvalue weighted by molar-refractivity contribution is 0.0711. The number of rotatable bonds is 4. The lowest BCUT2D eigenvalue weighted by Gasteiger charge is -2.23. The van der Waals surface area contributed by atoms with Crippen LogP contribution in [0.3, 0.4) is 0 Å². The molecule has 1 aliphatic rings. The molecule has 3 heterocycles. The Hall–Kier alpha value is -2.57. The molecule has 23 heavy (non-hydrogen) atoms. The maximum Gasteiger partial charge on any atom is 0.272 e. The summed E-state index contributed by atoms with van der Waals surface area (Å²) in [5.74, 6) is -0.771. The van der Waals surface area contributed by atoms with Gasteiger partial charge in [-0.1, -0.05) is 0 Å². The number of hydrogen-bond donors (Lipinski definition) is 0. The van der Waals surface area contributed by atoms with E-state index in [-0.39, 0.29) is 29.8 Å². The molecule has 1 atom stereocenters. The van der Waals surface area contributed by atoms with E-state index in [4.69, 9.17) is 0 Å². The molecule has 0 N–H and O–H groups in total. The van der Waals surface area contributed by atoms with E-state index in [1.807, 2.05) is 0 Å². The van der Waals surface area contributed by atoms with E-state index < -0.39 is 5.82 Å². The number of aryl methyl sites for hydroxylation is 1. The number of carbonyl (C=O) groups excluding carboxylic acids is 2. The predicted molar refractivity (Wildman–Crippen MR) is 80.4 cm³/mol. The third kappa shape index (κ3) is 3.28. The van der Waals surface area contributed by atoms with Gasteiger partial charge in [0, 0.05) is 32.3 Å². The molecule has 0 bridgehead atoms. The average molecular weight is 316 g/mol. The largest absolute Gasteiger partial charge is 0.334 e. The number of likely N-dealkylation sites (tertiary alicyclic amines) is 1. The van der Waals surface area contributed by atoms with Gasteiger partial charge in [0.1, 0.15) is 11.5 Å². The Morgan fingerprint density at radius 2 is 2.17 bits per heavy atom. The summed E-state index contributed by atoms with van der Waals surface area (Å²) in [4.78, 5) is 30.3. The number of ketones is 1. The number of amides is 1. The highest BCUT2D eigenvalue weighted by Gasteiger charge is 2.32. The normalized spacial score (nSPS) is 17.5. The standard InChI is InChI=1S/C16H17FN4O2/c1-20-10-11(8-19-20)15(22)7-13-3-2-6-21(13)16(23)14-5-4-12(17)9-18-14/h4-5,8-10,13H,2-3,6-7H2,1H3/t13-/m1/s1. The van der Waals surface area contributed by atoms with E-state index in [2.05, 4.69) is 10.1 Å². The Morgan fingerprint density at radius 1 is 1.35 bits per heavy atom. The van der Waals surface area contributed by atoms with Crippen molar-refractivity contribution < 1.29 is 14.0 Å². The summed E-state index contributed by atoms with van der Waals surface area (Å²) in [6.07, 6.45) is 6.12. The molecule has 0 spiro atoms. The summed E-state index contributed by atoms with van der Waals surface area (Å²) < 4.78 is 14.5. The molecule has 2 aromatic heterocycles. The van der Waals surface area contributed by atoms with Gasteiger partial charge < -0.3 is 4.90 Å². The van der Waals surface area contributed by atoms with Crippen molar-refractivity contribution in [3.8, 4) is 0 Å². The highest BCUT2D eigenvalue weighted by Crippen LogP contribution is 2.23. The van der Waals surface area contributed by atoms with Crippen LogP contribution < -0.4 is 0 Å². The lowest BCUT2D eigenvalue weighted by atomic mass is 10.0. The van der Waals surface area contributed by atoms with E-state index in [0.717, 1.165) is 19.0 Å². The van der Waals surface area contributed by atoms with E-state index in [1.165, 1.54) is 18.3 Å². The molecular weight excluding hydrogens is 299 g/mol. The zero-order chi connectivity index (χ0) is 16.4. The molecule has 1 aliphatic heterocycles. The fourth-order valence-corrected chi connectivity index (χ4v) is 2.86. The number of carbonyl (C=O) groups is 2. The van der Waals surface area contributed by atoms with Crippen LogP contribution in [0.1, 0.15) is 40.1 Å². The molecule has 0 saturated carbocycles. The summed E-state index contributed by atoms with van der Waals surface area (Å²) >= 11 is 0. The van der Waals surface area contributed by atoms with Gasteiger partial charge in [0.25, 0.3) is 5.91 Å². The van der Waals surface area contributed by atoms with Gasteiger partial charge in [0.2, 0.25) is 0 Å². The minimum atomic E-state index is -0.480. The van der Waals surface area contributed by atoms with Gasteiger partial charge >= 0.3 is 0 Å². The van der Waals surface area contributed by atoms with Gasteiger partial charge in [-0.25, -0.2) is 9.37 Å². The van der Waals surface area contributed by atoms with Gasteiger partial charge in [0.15, 0.2) is 5.78 Å². The third-order valence-corrected chi connectivity index (χ3v) is 4.03. The van der Waals surface area contributed by atoms with Crippen LogP contribution >= 0.6 is 0 Å². The molecule has 6 nitrogen and oxygen atoms in total. The predicted octanol–water partition coefficient (Wildman–Crippen LogP) is 1.83. The van der Waals surface area contributed by atoms with E-state index in [0.29, 0.717) is 12.1 Å². The Bertz CT molecular complexity index is 726. The van der Waals surface area contributed by atoms with Crippen molar-refractivity contribution in [1.82, 2.24) is 19.7 Å². The second kappa shape index (κ2) is 6.28. The molecule has 120 valence electrons. The first-order valence-corrected chi connectivity index (χ1v) is 7.49. The quantitative estimate of drug-likeness (QED) is 0.807. The van der Waals surface area contributed by atoms with Crippen molar-refractivity contribution in [1.29, 1.82) is 0 Å². The molecule has 0 aliphatic carbocycles. The maximum atomic E-state index is 12.9. The zero-order valence-electron chi connectivity index (χ0n) is 12.8.